The van der Waals surface area contributed by atoms with Gasteiger partial charge in [0.1, 0.15) is 0 Å². The van der Waals surface area contributed by atoms with Gasteiger partial charge in [0, 0.05) is 0 Å². The first-order valence-electron chi connectivity index (χ1n) is 7.44. The van der Waals surface area contributed by atoms with Crippen LogP contribution in [0.4, 0.5) is 0 Å². The Bertz CT molecular complexity index is 348. The fourth-order valence-corrected chi connectivity index (χ4v) is 3.34. The van der Waals surface area contributed by atoms with Crippen molar-refractivity contribution in [1.29, 1.82) is 0 Å². The van der Waals surface area contributed by atoms with Crippen LogP contribution in [0.5, 0.6) is 0 Å². The molecule has 2 unspecified atom stereocenters. The molecule has 100 valence electrons. The number of hydrogen-bond donors (Lipinski definition) is 0. The fraction of sp³-hybridized carbons (Fsp3) is 0.647. The molecule has 1 fully saturated rings. The molecule has 0 aromatic heterocycles. The maximum Gasteiger partial charge on any atom is 0.0587 e. The van der Waals surface area contributed by atoms with Crippen molar-refractivity contribution in [3.63, 3.8) is 0 Å². The minimum atomic E-state index is 0.207. The van der Waals surface area contributed by atoms with E-state index in [1.807, 2.05) is 0 Å². The van der Waals surface area contributed by atoms with E-state index in [4.69, 9.17) is 11.6 Å². The summed E-state index contributed by atoms with van der Waals surface area (Å²) in [4.78, 5) is 0. The summed E-state index contributed by atoms with van der Waals surface area (Å²) in [5.74, 6) is 1.52. The van der Waals surface area contributed by atoms with Crippen LogP contribution in [0.15, 0.2) is 24.3 Å². The van der Waals surface area contributed by atoms with Crippen LogP contribution in [0.1, 0.15) is 74.8 Å². The van der Waals surface area contributed by atoms with Crippen LogP contribution in [-0.4, -0.2) is 0 Å². The van der Waals surface area contributed by atoms with Crippen LogP contribution in [-0.2, 0) is 0 Å². The van der Waals surface area contributed by atoms with Gasteiger partial charge in [-0.2, -0.15) is 0 Å². The molecule has 0 N–H and O–H groups in total. The summed E-state index contributed by atoms with van der Waals surface area (Å²) in [5.41, 5.74) is 2.74. The van der Waals surface area contributed by atoms with Crippen LogP contribution in [0.2, 0.25) is 0 Å². The highest BCUT2D eigenvalue weighted by atomic mass is 35.5. The maximum atomic E-state index is 6.55. The van der Waals surface area contributed by atoms with Crippen LogP contribution < -0.4 is 0 Å². The van der Waals surface area contributed by atoms with Crippen molar-refractivity contribution in [2.45, 2.75) is 63.7 Å². The zero-order chi connectivity index (χ0) is 13.0. The van der Waals surface area contributed by atoms with E-state index in [1.54, 1.807) is 0 Å². The summed E-state index contributed by atoms with van der Waals surface area (Å²) in [6.45, 7) is 4.52. The second-order valence-corrected chi connectivity index (χ2v) is 6.36. The van der Waals surface area contributed by atoms with Gasteiger partial charge in [-0.25, -0.2) is 0 Å². The molecule has 0 nitrogen and oxygen atoms in total. The minimum absolute atomic E-state index is 0.207. The van der Waals surface area contributed by atoms with E-state index < -0.39 is 0 Å². The van der Waals surface area contributed by atoms with Gasteiger partial charge in [0.2, 0.25) is 0 Å². The number of benzene rings is 1. The summed E-state index contributed by atoms with van der Waals surface area (Å²) >= 11 is 6.55. The van der Waals surface area contributed by atoms with E-state index in [2.05, 4.69) is 38.1 Å². The average molecular weight is 265 g/mol. The van der Waals surface area contributed by atoms with E-state index >= 15 is 0 Å². The zero-order valence-corrected chi connectivity index (χ0v) is 12.4. The molecule has 2 atom stereocenters. The summed E-state index contributed by atoms with van der Waals surface area (Å²) in [5, 5.41) is 0.207. The molecule has 1 aromatic carbocycles. The Morgan fingerprint density at radius 3 is 2.22 bits per heavy atom. The third-order valence-corrected chi connectivity index (χ3v) is 4.92. The number of alkyl halides is 1. The van der Waals surface area contributed by atoms with E-state index in [9.17, 15) is 0 Å². The molecule has 1 aliphatic carbocycles. The van der Waals surface area contributed by atoms with Crippen molar-refractivity contribution in [3.8, 4) is 0 Å². The maximum absolute atomic E-state index is 6.55. The van der Waals surface area contributed by atoms with Gasteiger partial charge in [-0.05, 0) is 35.8 Å². The Kier molecular flexibility index (Phi) is 5.12. The van der Waals surface area contributed by atoms with E-state index in [0.29, 0.717) is 5.92 Å². The SMILES string of the molecule is CCC(C)c1ccc(C(Cl)CC2CCCC2)cc1. The molecule has 0 bridgehead atoms. The molecule has 0 amide bonds. The number of halogens is 1. The lowest BCUT2D eigenvalue weighted by Gasteiger charge is -2.16. The van der Waals surface area contributed by atoms with Crippen molar-refractivity contribution >= 4 is 11.6 Å². The van der Waals surface area contributed by atoms with Gasteiger partial charge in [-0.15, -0.1) is 11.6 Å². The van der Waals surface area contributed by atoms with Crippen LogP contribution >= 0.6 is 11.6 Å². The smallest absolute Gasteiger partial charge is 0.0587 e. The van der Waals surface area contributed by atoms with E-state index in [-0.39, 0.29) is 5.38 Å². The minimum Gasteiger partial charge on any atom is -0.118 e. The Labute approximate surface area is 117 Å². The first kappa shape index (κ1) is 13.9. The predicted molar refractivity (Wildman–Crippen MR) is 80.3 cm³/mol. The van der Waals surface area contributed by atoms with Crippen molar-refractivity contribution < 1.29 is 0 Å². The molecule has 1 saturated carbocycles. The molecule has 1 aromatic rings. The molecule has 2 rings (SSSR count). The largest absolute Gasteiger partial charge is 0.118 e. The van der Waals surface area contributed by atoms with Crippen molar-refractivity contribution in [1.82, 2.24) is 0 Å². The second kappa shape index (κ2) is 6.61. The van der Waals surface area contributed by atoms with Gasteiger partial charge in [0.25, 0.3) is 0 Å². The number of hydrogen-bond acceptors (Lipinski definition) is 0. The van der Waals surface area contributed by atoms with Crippen LogP contribution in [0, 0.1) is 5.92 Å². The van der Waals surface area contributed by atoms with Gasteiger partial charge in [0.15, 0.2) is 0 Å². The van der Waals surface area contributed by atoms with Gasteiger partial charge in [-0.1, -0.05) is 63.8 Å². The lowest BCUT2D eigenvalue weighted by molar-refractivity contribution is 0.495. The lowest BCUT2D eigenvalue weighted by atomic mass is 9.94. The Hall–Kier alpha value is -0.490. The lowest BCUT2D eigenvalue weighted by Crippen LogP contribution is -2.00. The first-order chi connectivity index (χ1) is 8.70. The highest BCUT2D eigenvalue weighted by Gasteiger charge is 2.19. The standard InChI is InChI=1S/C17H25Cl/c1-3-13(2)15-8-10-16(11-9-15)17(18)12-14-6-4-5-7-14/h8-11,13-14,17H,3-7,12H2,1-2H3. The first-order valence-corrected chi connectivity index (χ1v) is 7.88. The van der Waals surface area contributed by atoms with Gasteiger partial charge >= 0.3 is 0 Å². The van der Waals surface area contributed by atoms with Crippen molar-refractivity contribution in [2.24, 2.45) is 5.92 Å². The average Bonchev–Trinajstić information content (AvgIpc) is 2.91. The molecular formula is C17H25Cl. The molecule has 0 radical (unpaired) electrons. The fourth-order valence-electron chi connectivity index (χ4n) is 2.94. The molecule has 0 aliphatic heterocycles. The van der Waals surface area contributed by atoms with Crippen LogP contribution in [0.3, 0.4) is 0 Å². The highest BCUT2D eigenvalue weighted by molar-refractivity contribution is 6.20. The van der Waals surface area contributed by atoms with E-state index in [0.717, 1.165) is 12.3 Å². The van der Waals surface area contributed by atoms with Gasteiger partial charge < -0.3 is 0 Å². The predicted octanol–water partition coefficient (Wildman–Crippen LogP) is 6.06. The third-order valence-electron chi connectivity index (χ3n) is 4.49. The molecule has 18 heavy (non-hydrogen) atoms. The summed E-state index contributed by atoms with van der Waals surface area (Å²) in [6, 6.07) is 8.98. The number of rotatable bonds is 5. The third kappa shape index (κ3) is 3.51. The normalized spacial score (nSPS) is 19.9. The Morgan fingerprint density at radius 2 is 1.67 bits per heavy atom. The molecule has 0 spiro atoms. The second-order valence-electron chi connectivity index (χ2n) is 5.83. The molecule has 1 heteroatoms. The van der Waals surface area contributed by atoms with Gasteiger partial charge in [-0.3, -0.25) is 0 Å². The Morgan fingerprint density at radius 1 is 1.11 bits per heavy atom. The molecule has 0 heterocycles. The Balaban J connectivity index is 1.95. The summed E-state index contributed by atoms with van der Waals surface area (Å²) < 4.78 is 0. The van der Waals surface area contributed by atoms with Gasteiger partial charge in [0.05, 0.1) is 5.38 Å². The molecule has 1 aliphatic rings. The quantitative estimate of drug-likeness (QED) is 0.567. The zero-order valence-electron chi connectivity index (χ0n) is 11.7. The monoisotopic (exact) mass is 264 g/mol. The van der Waals surface area contributed by atoms with E-state index in [1.165, 1.54) is 43.2 Å². The van der Waals surface area contributed by atoms with Crippen molar-refractivity contribution in [2.75, 3.05) is 0 Å². The summed E-state index contributed by atoms with van der Waals surface area (Å²) in [6.07, 6.45) is 7.93. The highest BCUT2D eigenvalue weighted by Crippen LogP contribution is 2.36. The molecular weight excluding hydrogens is 240 g/mol. The topological polar surface area (TPSA) is 0 Å². The van der Waals surface area contributed by atoms with Crippen molar-refractivity contribution in [3.05, 3.63) is 35.4 Å². The molecule has 0 saturated heterocycles. The van der Waals surface area contributed by atoms with Crippen LogP contribution in [0.25, 0.3) is 0 Å². The summed E-state index contributed by atoms with van der Waals surface area (Å²) in [7, 11) is 0.